The van der Waals surface area contributed by atoms with Gasteiger partial charge in [-0.05, 0) is 72.4 Å². The number of carbonyl (C=O) groups is 2. The Bertz CT molecular complexity index is 1060. The number of rotatable bonds is 10. The molecule has 2 N–H and O–H groups in total. The molecule has 0 heterocycles. The van der Waals surface area contributed by atoms with Gasteiger partial charge in [0.1, 0.15) is 5.75 Å². The van der Waals surface area contributed by atoms with Crippen molar-refractivity contribution in [1.82, 2.24) is 10.2 Å². The second kappa shape index (κ2) is 12.7. The summed E-state index contributed by atoms with van der Waals surface area (Å²) in [6.07, 6.45) is -0.530. The smallest absolute Gasteiger partial charge is 0.481 e. The maximum Gasteiger partial charge on any atom is 0.573 e. The van der Waals surface area contributed by atoms with Crippen molar-refractivity contribution in [1.29, 1.82) is 0 Å². The van der Waals surface area contributed by atoms with Crippen LogP contribution in [0.2, 0.25) is 0 Å². The fourth-order valence-corrected chi connectivity index (χ4v) is 5.03. The number of amides is 1. The average Bonchev–Trinajstić information content (AvgIpc) is 2.83. The summed E-state index contributed by atoms with van der Waals surface area (Å²) in [5.41, 5.74) is 2.62. The molecule has 0 aliphatic heterocycles. The van der Waals surface area contributed by atoms with Gasteiger partial charge in [-0.3, -0.25) is 14.5 Å². The maximum absolute atomic E-state index is 12.5. The van der Waals surface area contributed by atoms with E-state index in [1.165, 1.54) is 12.1 Å². The number of aliphatic carboxylic acids is 1. The van der Waals surface area contributed by atoms with Crippen LogP contribution in [0, 0.1) is 11.3 Å². The van der Waals surface area contributed by atoms with Gasteiger partial charge in [-0.15, -0.1) is 13.2 Å². The van der Waals surface area contributed by atoms with Crippen LogP contribution in [0.3, 0.4) is 0 Å². The van der Waals surface area contributed by atoms with E-state index in [4.69, 9.17) is 5.11 Å². The lowest BCUT2D eigenvalue weighted by Crippen LogP contribution is -2.39. The Hall–Kier alpha value is -3.07. The van der Waals surface area contributed by atoms with E-state index in [2.05, 4.69) is 35.7 Å². The lowest BCUT2D eigenvalue weighted by atomic mass is 9.71. The Balaban J connectivity index is 1.70. The number of nitrogens with one attached hydrogen (secondary N) is 1. The van der Waals surface area contributed by atoms with E-state index in [1.54, 1.807) is 24.3 Å². The van der Waals surface area contributed by atoms with E-state index in [0.29, 0.717) is 30.6 Å². The SMILES string of the molecule is CC(C)(C)C1CCC(N(Cc2ccc(OC(F)(F)F)cc2)Cc2ccc(C(=O)NCCC(=O)O)cc2)CC1. The summed E-state index contributed by atoms with van der Waals surface area (Å²) in [6, 6.07) is 13.6. The molecular weight excluding hydrogens is 497 g/mol. The van der Waals surface area contributed by atoms with Crippen molar-refractivity contribution in [2.45, 2.75) is 78.4 Å². The topological polar surface area (TPSA) is 78.9 Å². The molecule has 2 aromatic rings. The van der Waals surface area contributed by atoms with Gasteiger partial charge >= 0.3 is 12.3 Å². The number of carbonyl (C=O) groups excluding carboxylic acids is 1. The normalized spacial score (nSPS) is 18.3. The standard InChI is InChI=1S/C29H37F3N2O4/c1-28(2,3)23-10-12-24(13-11-23)34(19-21-6-14-25(15-7-21)38-29(30,31)32)18-20-4-8-22(9-5-20)27(37)33-17-16-26(35)36/h4-9,14-15,23-24H,10-13,16-19H2,1-3H3,(H,33,37)(H,35,36). The monoisotopic (exact) mass is 534 g/mol. The number of benzene rings is 2. The van der Waals surface area contributed by atoms with E-state index in [0.717, 1.165) is 36.8 Å². The molecule has 208 valence electrons. The van der Waals surface area contributed by atoms with Crippen molar-refractivity contribution < 1.29 is 32.6 Å². The fraction of sp³-hybridized carbons (Fsp3) is 0.517. The van der Waals surface area contributed by atoms with Crippen molar-refractivity contribution in [2.75, 3.05) is 6.54 Å². The third-order valence-electron chi connectivity index (χ3n) is 7.21. The van der Waals surface area contributed by atoms with Crippen LogP contribution in [0.15, 0.2) is 48.5 Å². The molecule has 0 aromatic heterocycles. The maximum atomic E-state index is 12.5. The van der Waals surface area contributed by atoms with Gasteiger partial charge in [0.25, 0.3) is 5.91 Å². The average molecular weight is 535 g/mol. The summed E-state index contributed by atoms with van der Waals surface area (Å²) in [6.45, 7) is 8.11. The molecule has 0 atom stereocenters. The number of ether oxygens (including phenoxy) is 1. The summed E-state index contributed by atoms with van der Waals surface area (Å²) in [5, 5.41) is 11.3. The minimum atomic E-state index is -4.72. The van der Waals surface area contributed by atoms with E-state index in [-0.39, 0.29) is 30.0 Å². The van der Waals surface area contributed by atoms with E-state index in [1.807, 2.05) is 12.1 Å². The Morgan fingerprint density at radius 2 is 1.45 bits per heavy atom. The minimum absolute atomic E-state index is 0.0632. The van der Waals surface area contributed by atoms with Gasteiger partial charge < -0.3 is 15.2 Å². The molecule has 3 rings (SSSR count). The molecule has 6 nitrogen and oxygen atoms in total. The predicted octanol–water partition coefficient (Wildman–Crippen LogP) is 6.40. The first-order valence-electron chi connectivity index (χ1n) is 13.0. The molecule has 0 spiro atoms. The van der Waals surface area contributed by atoms with Gasteiger partial charge in [-0.2, -0.15) is 0 Å². The van der Waals surface area contributed by atoms with Crippen LogP contribution in [-0.4, -0.2) is 40.8 Å². The first kappa shape index (κ1) is 29.5. The molecule has 0 radical (unpaired) electrons. The van der Waals surface area contributed by atoms with Crippen molar-refractivity contribution >= 4 is 11.9 Å². The molecule has 38 heavy (non-hydrogen) atoms. The van der Waals surface area contributed by atoms with Gasteiger partial charge in [0.05, 0.1) is 6.42 Å². The first-order chi connectivity index (χ1) is 17.8. The van der Waals surface area contributed by atoms with Crippen molar-refractivity contribution in [3.05, 3.63) is 65.2 Å². The number of carboxylic acid groups (broad SMARTS) is 1. The summed E-state index contributed by atoms with van der Waals surface area (Å²) in [5.74, 6) is -0.884. The van der Waals surface area contributed by atoms with Crippen LogP contribution in [-0.2, 0) is 17.9 Å². The van der Waals surface area contributed by atoms with Crippen LogP contribution in [0.4, 0.5) is 13.2 Å². The molecule has 1 amide bonds. The Kier molecular flexibility index (Phi) is 9.82. The second-order valence-corrected chi connectivity index (χ2v) is 11.1. The lowest BCUT2D eigenvalue weighted by Gasteiger charge is -2.41. The Morgan fingerprint density at radius 3 is 1.92 bits per heavy atom. The zero-order valence-electron chi connectivity index (χ0n) is 22.2. The lowest BCUT2D eigenvalue weighted by molar-refractivity contribution is -0.274. The third-order valence-corrected chi connectivity index (χ3v) is 7.21. The number of hydrogen-bond acceptors (Lipinski definition) is 4. The van der Waals surface area contributed by atoms with Crippen molar-refractivity contribution in [3.63, 3.8) is 0 Å². The largest absolute Gasteiger partial charge is 0.573 e. The molecular formula is C29H37F3N2O4. The fourth-order valence-electron chi connectivity index (χ4n) is 5.03. The molecule has 9 heteroatoms. The van der Waals surface area contributed by atoms with E-state index >= 15 is 0 Å². The van der Waals surface area contributed by atoms with Crippen molar-refractivity contribution in [3.8, 4) is 5.75 Å². The molecule has 0 unspecified atom stereocenters. The zero-order valence-corrected chi connectivity index (χ0v) is 22.2. The summed E-state index contributed by atoms with van der Waals surface area (Å²) >= 11 is 0. The van der Waals surface area contributed by atoms with E-state index in [9.17, 15) is 22.8 Å². The van der Waals surface area contributed by atoms with Crippen LogP contribution in [0.5, 0.6) is 5.75 Å². The van der Waals surface area contributed by atoms with Gasteiger partial charge in [0.15, 0.2) is 0 Å². The highest BCUT2D eigenvalue weighted by Crippen LogP contribution is 2.39. The summed E-state index contributed by atoms with van der Waals surface area (Å²) < 4.78 is 41.6. The molecule has 0 saturated heterocycles. The molecule has 1 fully saturated rings. The predicted molar refractivity (Wildman–Crippen MR) is 139 cm³/mol. The minimum Gasteiger partial charge on any atom is -0.481 e. The number of nitrogens with zero attached hydrogens (tertiary/aromatic N) is 1. The second-order valence-electron chi connectivity index (χ2n) is 11.1. The third kappa shape index (κ3) is 9.35. The first-order valence-corrected chi connectivity index (χ1v) is 13.0. The summed E-state index contributed by atoms with van der Waals surface area (Å²) in [4.78, 5) is 25.3. The molecule has 1 aliphatic rings. The molecule has 1 saturated carbocycles. The number of hydrogen-bond donors (Lipinski definition) is 2. The highest BCUT2D eigenvalue weighted by Gasteiger charge is 2.33. The highest BCUT2D eigenvalue weighted by molar-refractivity contribution is 5.94. The van der Waals surface area contributed by atoms with Gasteiger partial charge in [-0.25, -0.2) is 0 Å². The molecule has 0 bridgehead atoms. The van der Waals surface area contributed by atoms with Crippen LogP contribution >= 0.6 is 0 Å². The number of halogens is 3. The van der Waals surface area contributed by atoms with Crippen LogP contribution < -0.4 is 10.1 Å². The van der Waals surface area contributed by atoms with Gasteiger partial charge in [-0.1, -0.05) is 45.0 Å². The highest BCUT2D eigenvalue weighted by atomic mass is 19.4. The summed E-state index contributed by atoms with van der Waals surface area (Å²) in [7, 11) is 0. The van der Waals surface area contributed by atoms with Crippen LogP contribution in [0.25, 0.3) is 0 Å². The molecule has 1 aliphatic carbocycles. The van der Waals surface area contributed by atoms with Gasteiger partial charge in [0, 0.05) is 31.2 Å². The van der Waals surface area contributed by atoms with Crippen LogP contribution in [0.1, 0.15) is 74.4 Å². The Labute approximate surface area is 222 Å². The number of carboxylic acids is 1. The quantitative estimate of drug-likeness (QED) is 0.369. The van der Waals surface area contributed by atoms with E-state index < -0.39 is 12.3 Å². The molecule has 2 aromatic carbocycles. The Morgan fingerprint density at radius 1 is 0.921 bits per heavy atom. The van der Waals surface area contributed by atoms with Gasteiger partial charge in [0.2, 0.25) is 0 Å². The number of alkyl halides is 3. The van der Waals surface area contributed by atoms with Crippen molar-refractivity contribution in [2.24, 2.45) is 11.3 Å². The zero-order chi connectivity index (χ0) is 27.9.